The Labute approximate surface area is 103 Å². The molecule has 3 heteroatoms. The van der Waals surface area contributed by atoms with E-state index in [1.54, 1.807) is 6.08 Å². The van der Waals surface area contributed by atoms with Crippen molar-refractivity contribution in [2.75, 3.05) is 13.2 Å². The van der Waals surface area contributed by atoms with Crippen LogP contribution in [-0.2, 0) is 6.54 Å². The van der Waals surface area contributed by atoms with Crippen molar-refractivity contribution in [3.63, 3.8) is 0 Å². The monoisotopic (exact) mass is 235 g/mol. The predicted octanol–water partition coefficient (Wildman–Crippen LogP) is 2.11. The van der Waals surface area contributed by atoms with Crippen LogP contribution in [0.15, 0.2) is 36.9 Å². The van der Waals surface area contributed by atoms with Crippen LogP contribution in [0, 0.1) is 0 Å². The lowest BCUT2D eigenvalue weighted by atomic mass is 10.2. The maximum absolute atomic E-state index is 9.44. The lowest BCUT2D eigenvalue weighted by Crippen LogP contribution is -2.25. The highest BCUT2D eigenvalue weighted by atomic mass is 16.5. The second-order valence-corrected chi connectivity index (χ2v) is 3.90. The van der Waals surface area contributed by atoms with E-state index in [9.17, 15) is 5.11 Å². The number of rotatable bonds is 8. The maximum Gasteiger partial charge on any atom is 0.124 e. The Balaban J connectivity index is 2.48. The molecule has 2 N–H and O–H groups in total. The summed E-state index contributed by atoms with van der Waals surface area (Å²) in [7, 11) is 0. The highest BCUT2D eigenvalue weighted by Crippen LogP contribution is 2.17. The van der Waals surface area contributed by atoms with Gasteiger partial charge in [0.2, 0.25) is 0 Å². The molecular weight excluding hydrogens is 214 g/mol. The molecule has 0 aromatic heterocycles. The predicted molar refractivity (Wildman–Crippen MR) is 70.1 cm³/mol. The van der Waals surface area contributed by atoms with Gasteiger partial charge in [-0.1, -0.05) is 37.8 Å². The number of nitrogens with one attached hydrogen (secondary N) is 1. The Hall–Kier alpha value is -1.32. The Bertz CT molecular complexity index is 339. The van der Waals surface area contributed by atoms with E-state index in [0.717, 1.165) is 17.7 Å². The molecule has 0 spiro atoms. The molecule has 17 heavy (non-hydrogen) atoms. The second-order valence-electron chi connectivity index (χ2n) is 3.90. The molecule has 94 valence electrons. The first-order valence-corrected chi connectivity index (χ1v) is 5.98. The van der Waals surface area contributed by atoms with Crippen molar-refractivity contribution in [2.45, 2.75) is 26.0 Å². The third-order valence-electron chi connectivity index (χ3n) is 2.50. The van der Waals surface area contributed by atoms with Gasteiger partial charge in [-0.25, -0.2) is 0 Å². The fraction of sp³-hybridized carbons (Fsp3) is 0.429. The molecule has 0 aliphatic rings. The quantitative estimate of drug-likeness (QED) is 0.678. The van der Waals surface area contributed by atoms with Crippen LogP contribution >= 0.6 is 0 Å². The third-order valence-corrected chi connectivity index (χ3v) is 2.50. The molecular formula is C14H21NO2. The summed E-state index contributed by atoms with van der Waals surface area (Å²) in [5.41, 5.74) is 1.10. The minimum Gasteiger partial charge on any atom is -0.489 e. The van der Waals surface area contributed by atoms with Crippen LogP contribution in [0.25, 0.3) is 0 Å². The van der Waals surface area contributed by atoms with Gasteiger partial charge in [0.1, 0.15) is 12.4 Å². The molecule has 0 aliphatic carbocycles. The highest BCUT2D eigenvalue weighted by Gasteiger charge is 2.03. The zero-order valence-electron chi connectivity index (χ0n) is 10.4. The zero-order valence-corrected chi connectivity index (χ0v) is 10.4. The summed E-state index contributed by atoms with van der Waals surface area (Å²) in [5.74, 6) is 0.867. The van der Waals surface area contributed by atoms with E-state index in [0.29, 0.717) is 19.7 Å². The number of ether oxygens (including phenoxy) is 1. The van der Waals surface area contributed by atoms with Gasteiger partial charge in [-0.3, -0.25) is 0 Å². The van der Waals surface area contributed by atoms with E-state index in [4.69, 9.17) is 4.74 Å². The van der Waals surface area contributed by atoms with Gasteiger partial charge in [0.25, 0.3) is 0 Å². The van der Waals surface area contributed by atoms with E-state index < -0.39 is 0 Å². The molecule has 0 radical (unpaired) electrons. The van der Waals surface area contributed by atoms with E-state index >= 15 is 0 Å². The summed E-state index contributed by atoms with van der Waals surface area (Å²) >= 11 is 0. The highest BCUT2D eigenvalue weighted by molar-refractivity contribution is 5.33. The van der Waals surface area contributed by atoms with Gasteiger partial charge in [0, 0.05) is 18.7 Å². The lowest BCUT2D eigenvalue weighted by molar-refractivity contribution is 0.167. The molecule has 1 aromatic rings. The van der Waals surface area contributed by atoms with Crippen LogP contribution in [-0.4, -0.2) is 24.4 Å². The van der Waals surface area contributed by atoms with Crippen LogP contribution in [0.2, 0.25) is 0 Å². The van der Waals surface area contributed by atoms with E-state index in [2.05, 4.69) is 11.9 Å². The van der Waals surface area contributed by atoms with Crippen molar-refractivity contribution in [3.8, 4) is 5.75 Å². The van der Waals surface area contributed by atoms with Crippen LogP contribution in [0.3, 0.4) is 0 Å². The van der Waals surface area contributed by atoms with Crippen LogP contribution in [0.1, 0.15) is 18.9 Å². The average Bonchev–Trinajstić information content (AvgIpc) is 2.37. The molecule has 1 unspecified atom stereocenters. The van der Waals surface area contributed by atoms with Gasteiger partial charge < -0.3 is 15.2 Å². The Morgan fingerprint density at radius 1 is 1.47 bits per heavy atom. The molecule has 0 heterocycles. The van der Waals surface area contributed by atoms with E-state index in [-0.39, 0.29) is 6.10 Å². The molecule has 1 atom stereocenters. The van der Waals surface area contributed by atoms with Crippen molar-refractivity contribution in [1.82, 2.24) is 5.32 Å². The topological polar surface area (TPSA) is 41.5 Å². The summed E-state index contributed by atoms with van der Waals surface area (Å²) in [5, 5.41) is 12.7. The first-order chi connectivity index (χ1) is 8.27. The summed E-state index contributed by atoms with van der Waals surface area (Å²) in [6.07, 6.45) is 2.21. The molecule has 1 rings (SSSR count). The van der Waals surface area contributed by atoms with Gasteiger partial charge in [-0.2, -0.15) is 0 Å². The van der Waals surface area contributed by atoms with Crippen molar-refractivity contribution in [1.29, 1.82) is 0 Å². The SMILES string of the molecule is C=CCOc1ccccc1CNCC(O)CC. The van der Waals surface area contributed by atoms with Crippen molar-refractivity contribution in [2.24, 2.45) is 0 Å². The largest absolute Gasteiger partial charge is 0.489 e. The number of para-hydroxylation sites is 1. The molecule has 0 saturated heterocycles. The van der Waals surface area contributed by atoms with Crippen molar-refractivity contribution in [3.05, 3.63) is 42.5 Å². The van der Waals surface area contributed by atoms with E-state index in [1.807, 2.05) is 31.2 Å². The van der Waals surface area contributed by atoms with Crippen molar-refractivity contribution >= 4 is 0 Å². The Morgan fingerprint density at radius 2 is 2.24 bits per heavy atom. The zero-order chi connectivity index (χ0) is 12.5. The summed E-state index contributed by atoms with van der Waals surface area (Å²) in [4.78, 5) is 0. The molecule has 0 aliphatic heterocycles. The molecule has 0 bridgehead atoms. The molecule has 0 amide bonds. The summed E-state index contributed by atoms with van der Waals surface area (Å²) < 4.78 is 5.55. The number of benzene rings is 1. The minimum atomic E-state index is -0.281. The summed E-state index contributed by atoms with van der Waals surface area (Å²) in [6, 6.07) is 7.89. The minimum absolute atomic E-state index is 0.281. The summed E-state index contributed by atoms with van der Waals surface area (Å²) in [6.45, 7) is 7.40. The molecule has 0 saturated carbocycles. The maximum atomic E-state index is 9.44. The number of hydrogen-bond acceptors (Lipinski definition) is 3. The normalized spacial score (nSPS) is 12.1. The van der Waals surface area contributed by atoms with Crippen LogP contribution in [0.5, 0.6) is 5.75 Å². The Morgan fingerprint density at radius 3 is 2.94 bits per heavy atom. The standard InChI is InChI=1S/C14H21NO2/c1-3-9-17-14-8-6-5-7-12(14)10-15-11-13(16)4-2/h3,5-8,13,15-16H,1,4,9-11H2,2H3. The smallest absolute Gasteiger partial charge is 0.124 e. The average molecular weight is 235 g/mol. The van der Waals surface area contributed by atoms with Gasteiger partial charge in [0.15, 0.2) is 0 Å². The van der Waals surface area contributed by atoms with Gasteiger partial charge in [-0.05, 0) is 12.5 Å². The van der Waals surface area contributed by atoms with Gasteiger partial charge in [0.05, 0.1) is 6.10 Å². The van der Waals surface area contributed by atoms with Crippen LogP contribution < -0.4 is 10.1 Å². The van der Waals surface area contributed by atoms with E-state index in [1.165, 1.54) is 0 Å². The van der Waals surface area contributed by atoms with Gasteiger partial charge >= 0.3 is 0 Å². The number of aliphatic hydroxyl groups is 1. The van der Waals surface area contributed by atoms with Gasteiger partial charge in [-0.15, -0.1) is 0 Å². The fourth-order valence-electron chi connectivity index (χ4n) is 1.46. The third kappa shape index (κ3) is 5.02. The first-order valence-electron chi connectivity index (χ1n) is 5.98. The lowest BCUT2D eigenvalue weighted by Gasteiger charge is -2.12. The first kappa shape index (κ1) is 13.7. The van der Waals surface area contributed by atoms with Crippen LogP contribution in [0.4, 0.5) is 0 Å². The fourth-order valence-corrected chi connectivity index (χ4v) is 1.46. The molecule has 3 nitrogen and oxygen atoms in total. The number of aliphatic hydroxyl groups excluding tert-OH is 1. The molecule has 1 aromatic carbocycles. The Kier molecular flexibility index (Phi) is 6.37. The van der Waals surface area contributed by atoms with Crippen molar-refractivity contribution < 1.29 is 9.84 Å². The molecule has 0 fully saturated rings. The number of hydrogen-bond donors (Lipinski definition) is 2. The second kappa shape index (κ2) is 7.87.